The van der Waals surface area contributed by atoms with Crippen LogP contribution in [0.5, 0.6) is 0 Å². The molecular formula is C43H52N2O6S. The van der Waals surface area contributed by atoms with Crippen molar-refractivity contribution in [2.75, 3.05) is 18.4 Å². The van der Waals surface area contributed by atoms with Crippen molar-refractivity contribution >= 4 is 27.6 Å². The van der Waals surface area contributed by atoms with Crippen LogP contribution in [0.3, 0.4) is 0 Å². The minimum Gasteiger partial charge on any atom is -0.461 e. The van der Waals surface area contributed by atoms with Gasteiger partial charge in [0.2, 0.25) is 10.0 Å². The zero-order valence-electron chi connectivity index (χ0n) is 30.3. The second kappa shape index (κ2) is 11.3. The molecule has 276 valence electrons. The molecule has 3 unspecified atom stereocenters. The number of esters is 2. The van der Waals surface area contributed by atoms with E-state index in [-0.39, 0.29) is 36.0 Å². The number of hydrogen-bond acceptors (Lipinski definition) is 7. The van der Waals surface area contributed by atoms with E-state index >= 15 is 9.59 Å². The first-order valence-electron chi connectivity index (χ1n) is 20.5. The molecule has 10 fully saturated rings. The molecule has 2 aromatic carbocycles. The Bertz CT molecular complexity index is 1810. The van der Waals surface area contributed by atoms with Gasteiger partial charge >= 0.3 is 11.9 Å². The maximum Gasteiger partial charge on any atom is 0.325 e. The Morgan fingerprint density at radius 2 is 1.25 bits per heavy atom. The highest BCUT2D eigenvalue weighted by Crippen LogP contribution is 2.66. The number of para-hydroxylation sites is 1. The monoisotopic (exact) mass is 724 g/mol. The number of aryl methyl sites for hydroxylation is 1. The lowest BCUT2D eigenvalue weighted by Crippen LogP contribution is -2.59. The van der Waals surface area contributed by atoms with Gasteiger partial charge in [0, 0.05) is 24.2 Å². The van der Waals surface area contributed by atoms with Gasteiger partial charge in [-0.15, -0.1) is 0 Å². The van der Waals surface area contributed by atoms with Gasteiger partial charge in [-0.1, -0.05) is 35.9 Å². The van der Waals surface area contributed by atoms with Crippen molar-refractivity contribution < 1.29 is 27.5 Å². The summed E-state index contributed by atoms with van der Waals surface area (Å²) in [6.07, 6.45) is 11.9. The summed E-state index contributed by atoms with van der Waals surface area (Å²) >= 11 is 0. The van der Waals surface area contributed by atoms with E-state index in [4.69, 9.17) is 9.47 Å². The van der Waals surface area contributed by atoms with Crippen LogP contribution in [-0.2, 0) is 34.5 Å². The number of sulfonamides is 1. The van der Waals surface area contributed by atoms with Crippen LogP contribution in [0.2, 0.25) is 0 Å². The maximum atomic E-state index is 15.4. The fraction of sp³-hybridized carbons (Fsp3) is 0.674. The molecule has 8 nitrogen and oxygen atoms in total. The van der Waals surface area contributed by atoms with Crippen LogP contribution < -0.4 is 5.32 Å². The first-order chi connectivity index (χ1) is 25.1. The normalized spacial score (nSPS) is 44.9. The summed E-state index contributed by atoms with van der Waals surface area (Å²) in [7, 11) is -3.79. The molecule has 1 N–H and O–H groups in total. The van der Waals surface area contributed by atoms with Crippen molar-refractivity contribution in [2.24, 2.45) is 58.7 Å². The number of rotatable bonds is 6. The number of anilines is 1. The highest BCUT2D eigenvalue weighted by molar-refractivity contribution is 7.89. The average molecular weight is 725 g/mol. The first-order valence-corrected chi connectivity index (χ1v) is 21.9. The molecule has 2 aliphatic heterocycles. The van der Waals surface area contributed by atoms with E-state index in [1.807, 2.05) is 37.3 Å². The molecule has 9 aliphatic carbocycles. The summed E-state index contributed by atoms with van der Waals surface area (Å²) in [6, 6.07) is 14.7. The van der Waals surface area contributed by atoms with Crippen LogP contribution in [0.15, 0.2) is 53.4 Å². The molecule has 0 radical (unpaired) electrons. The van der Waals surface area contributed by atoms with E-state index in [0.29, 0.717) is 36.6 Å². The molecule has 2 heterocycles. The van der Waals surface area contributed by atoms with Gasteiger partial charge in [0.25, 0.3) is 0 Å². The predicted octanol–water partition coefficient (Wildman–Crippen LogP) is 6.86. The fourth-order valence-electron chi connectivity index (χ4n) is 14.7. The standard InChI is InChI=1S/C43H52N2O6S/c1-24-6-8-34(9-7-24)52(48,49)45-11-10-42-33(23-45)22-43(39(42)44-36-5-3-2-4-35(36)42,40(46)50-37-29-14-25-12-26(16-29)17-30(37)15-25)41(47)51-38-31-18-27-13-28(20-31)21-32(38)19-27/h2-9,25-33,37-39,44H,10-23H2,1H3. The van der Waals surface area contributed by atoms with E-state index in [2.05, 4.69) is 11.4 Å². The van der Waals surface area contributed by atoms with Crippen LogP contribution in [0.25, 0.3) is 0 Å². The van der Waals surface area contributed by atoms with E-state index in [0.717, 1.165) is 91.9 Å². The highest BCUT2D eigenvalue weighted by atomic mass is 32.2. The van der Waals surface area contributed by atoms with Crippen LogP contribution in [0, 0.1) is 65.6 Å². The number of benzene rings is 2. The van der Waals surface area contributed by atoms with E-state index < -0.39 is 38.8 Å². The third-order valence-electron chi connectivity index (χ3n) is 16.4. The molecular weight excluding hydrogens is 673 g/mol. The summed E-state index contributed by atoms with van der Waals surface area (Å²) < 4.78 is 43.6. The number of nitrogens with zero attached hydrogens (tertiary/aromatic N) is 1. The van der Waals surface area contributed by atoms with E-state index in [1.165, 1.54) is 12.8 Å². The Morgan fingerprint density at radius 3 is 1.79 bits per heavy atom. The Hall–Kier alpha value is -2.91. The molecule has 3 atom stereocenters. The smallest absolute Gasteiger partial charge is 0.325 e. The number of carbonyl (C=O) groups excluding carboxylic acids is 2. The molecule has 9 saturated carbocycles. The summed E-state index contributed by atoms with van der Waals surface area (Å²) in [5, 5.41) is 3.76. The van der Waals surface area contributed by atoms with Gasteiger partial charge in [0.15, 0.2) is 5.41 Å². The van der Waals surface area contributed by atoms with Crippen molar-refractivity contribution in [3.05, 3.63) is 59.7 Å². The number of hydrogen-bond donors (Lipinski definition) is 1. The Labute approximate surface area is 307 Å². The van der Waals surface area contributed by atoms with Gasteiger partial charge in [0.05, 0.1) is 10.9 Å². The molecule has 9 heteroatoms. The van der Waals surface area contributed by atoms with Crippen molar-refractivity contribution in [1.82, 2.24) is 4.31 Å². The summed E-state index contributed by atoms with van der Waals surface area (Å²) in [6.45, 7) is 2.50. The van der Waals surface area contributed by atoms with Gasteiger partial charge < -0.3 is 14.8 Å². The minimum absolute atomic E-state index is 0.160. The lowest BCUT2D eigenvalue weighted by molar-refractivity contribution is -0.199. The second-order valence-corrected chi connectivity index (χ2v) is 21.0. The summed E-state index contributed by atoms with van der Waals surface area (Å²) in [5.74, 6) is 3.25. The third kappa shape index (κ3) is 4.50. The lowest BCUT2D eigenvalue weighted by Gasteiger charge is -2.54. The number of carbonyl (C=O) groups is 2. The highest BCUT2D eigenvalue weighted by Gasteiger charge is 2.75. The third-order valence-corrected chi connectivity index (χ3v) is 18.3. The second-order valence-electron chi connectivity index (χ2n) is 19.1. The Morgan fingerprint density at radius 1 is 0.731 bits per heavy atom. The predicted molar refractivity (Wildman–Crippen MR) is 194 cm³/mol. The van der Waals surface area contributed by atoms with Gasteiger partial charge in [0.1, 0.15) is 12.2 Å². The first kappa shape index (κ1) is 32.5. The zero-order valence-corrected chi connectivity index (χ0v) is 31.1. The number of ether oxygens (including phenoxy) is 2. The molecule has 13 rings (SSSR count). The van der Waals surface area contributed by atoms with Crippen molar-refractivity contribution in [3.63, 3.8) is 0 Å². The number of piperidine rings is 1. The SMILES string of the molecule is Cc1ccc(S(=O)(=O)N2CCC34c5ccccc5NC3C(C(=O)OC3C5CC6CC(C5)CC3C6)(C(=O)OC3C5CC6CC(C5)CC3C6)CC4C2)cc1. The molecule has 0 amide bonds. The molecule has 2 aromatic rings. The van der Waals surface area contributed by atoms with Gasteiger partial charge in [-0.2, -0.15) is 4.31 Å². The molecule has 11 aliphatic rings. The van der Waals surface area contributed by atoms with Crippen LogP contribution in [0.4, 0.5) is 5.69 Å². The van der Waals surface area contributed by atoms with Crippen LogP contribution >= 0.6 is 0 Å². The van der Waals surface area contributed by atoms with Gasteiger partial charge in [-0.05, 0) is 161 Å². The van der Waals surface area contributed by atoms with E-state index in [1.54, 1.807) is 16.4 Å². The summed E-state index contributed by atoms with van der Waals surface area (Å²) in [4.78, 5) is 31.1. The van der Waals surface area contributed by atoms with E-state index in [9.17, 15) is 8.42 Å². The largest absolute Gasteiger partial charge is 0.461 e. The Kier molecular flexibility index (Phi) is 7.07. The maximum absolute atomic E-state index is 15.4. The molecule has 0 aromatic heterocycles. The minimum atomic E-state index is -3.79. The number of nitrogens with one attached hydrogen (secondary N) is 1. The molecule has 52 heavy (non-hydrogen) atoms. The molecule has 8 bridgehead atoms. The summed E-state index contributed by atoms with van der Waals surface area (Å²) in [5.41, 5.74) is 0.841. The zero-order chi connectivity index (χ0) is 35.1. The number of fused-ring (bicyclic) bond motifs is 1. The van der Waals surface area contributed by atoms with Crippen molar-refractivity contribution in [1.29, 1.82) is 0 Å². The van der Waals surface area contributed by atoms with Crippen molar-refractivity contribution in [3.8, 4) is 0 Å². The van der Waals surface area contributed by atoms with Crippen molar-refractivity contribution in [2.45, 2.75) is 113 Å². The van der Waals surface area contributed by atoms with Gasteiger partial charge in [-0.3, -0.25) is 9.59 Å². The molecule has 1 saturated heterocycles. The fourth-order valence-corrected chi connectivity index (χ4v) is 16.2. The van der Waals surface area contributed by atoms with Crippen LogP contribution in [-0.4, -0.2) is 56.0 Å². The lowest BCUT2D eigenvalue weighted by atomic mass is 9.55. The van der Waals surface area contributed by atoms with Gasteiger partial charge in [-0.25, -0.2) is 8.42 Å². The average Bonchev–Trinajstić information content (AvgIpc) is 3.60. The van der Waals surface area contributed by atoms with Crippen LogP contribution in [0.1, 0.15) is 88.2 Å². The molecule has 1 spiro atoms. The topological polar surface area (TPSA) is 102 Å². The quantitative estimate of drug-likeness (QED) is 0.257. The Balaban J connectivity index is 0.988.